The summed E-state index contributed by atoms with van der Waals surface area (Å²) in [6.07, 6.45) is 8.24. The van der Waals surface area contributed by atoms with E-state index in [4.69, 9.17) is 14.2 Å². The summed E-state index contributed by atoms with van der Waals surface area (Å²) in [4.78, 5) is 36.9. The number of anilines is 1. The van der Waals surface area contributed by atoms with Crippen molar-refractivity contribution in [2.75, 3.05) is 5.32 Å². The molecule has 0 bridgehead atoms. The second-order valence-electron chi connectivity index (χ2n) is 9.96. The van der Waals surface area contributed by atoms with Crippen molar-refractivity contribution in [3.63, 3.8) is 0 Å². The van der Waals surface area contributed by atoms with Crippen LogP contribution in [0.4, 0.5) is 10.6 Å². The standard InChI is InChI=1S/C27H30N6O6/c34-19(35)12-11-18-22-23(39-20(38-22)13-10-16-6-2-1-3-7-16)26(37-18)33-15-30-21-24(28-14-29-25(21)33)32-27(36)31-17-8-4-5-9-17/h1-3,6-7,10,13-15,17-18,20,22-23,26H,4-5,8-9,11-12H2,(H,34,35)(H2,28,29,31,32,36)/t18-,20-,22?,23+,26-/m1/s1. The Morgan fingerprint density at radius 1 is 1.05 bits per heavy atom. The van der Waals surface area contributed by atoms with Crippen LogP contribution in [-0.2, 0) is 19.0 Å². The number of hydrogen-bond donors (Lipinski definition) is 3. The van der Waals surface area contributed by atoms with Gasteiger partial charge < -0.3 is 24.6 Å². The fourth-order valence-electron chi connectivity index (χ4n) is 5.45. The molecule has 0 spiro atoms. The van der Waals surface area contributed by atoms with Crippen molar-refractivity contribution >= 4 is 35.1 Å². The molecule has 12 heteroatoms. The number of nitrogens with one attached hydrogen (secondary N) is 2. The van der Waals surface area contributed by atoms with E-state index in [2.05, 4.69) is 25.6 Å². The molecule has 4 heterocycles. The number of carboxylic acid groups (broad SMARTS) is 1. The number of rotatable bonds is 8. The Kier molecular flexibility index (Phi) is 7.22. The lowest BCUT2D eigenvalue weighted by Gasteiger charge is -2.20. The Morgan fingerprint density at radius 3 is 2.64 bits per heavy atom. The number of aliphatic carboxylic acids is 1. The van der Waals surface area contributed by atoms with Crippen LogP contribution in [0.2, 0.25) is 0 Å². The van der Waals surface area contributed by atoms with E-state index in [1.807, 2.05) is 42.5 Å². The van der Waals surface area contributed by atoms with Gasteiger partial charge in [0.2, 0.25) is 0 Å². The molecule has 2 aliphatic heterocycles. The lowest BCUT2D eigenvalue weighted by molar-refractivity contribution is -0.141. The van der Waals surface area contributed by atoms with Crippen molar-refractivity contribution in [2.45, 2.75) is 75.4 Å². The smallest absolute Gasteiger partial charge is 0.320 e. The fraction of sp³-hybridized carbons (Fsp3) is 0.444. The van der Waals surface area contributed by atoms with Gasteiger partial charge in [-0.15, -0.1) is 0 Å². The summed E-state index contributed by atoms with van der Waals surface area (Å²) >= 11 is 0. The molecule has 0 radical (unpaired) electrons. The van der Waals surface area contributed by atoms with Crippen molar-refractivity contribution in [3.8, 4) is 0 Å². The maximum absolute atomic E-state index is 12.6. The summed E-state index contributed by atoms with van der Waals surface area (Å²) in [5.74, 6) is -0.621. The molecule has 1 saturated carbocycles. The quantitative estimate of drug-likeness (QED) is 0.395. The molecule has 3 fully saturated rings. The summed E-state index contributed by atoms with van der Waals surface area (Å²) in [6, 6.07) is 9.63. The number of aromatic nitrogens is 4. The second kappa shape index (κ2) is 11.1. The highest BCUT2D eigenvalue weighted by atomic mass is 16.8. The highest BCUT2D eigenvalue weighted by Gasteiger charge is 2.53. The van der Waals surface area contributed by atoms with Crippen LogP contribution < -0.4 is 10.6 Å². The van der Waals surface area contributed by atoms with Gasteiger partial charge in [-0.1, -0.05) is 49.2 Å². The number of ether oxygens (including phenoxy) is 3. The molecule has 204 valence electrons. The molecule has 2 saturated heterocycles. The number of carbonyl (C=O) groups excluding carboxylic acids is 1. The average Bonchev–Trinajstić information content (AvgIpc) is 3.72. The van der Waals surface area contributed by atoms with E-state index in [0.717, 1.165) is 31.2 Å². The van der Waals surface area contributed by atoms with Gasteiger partial charge in [0, 0.05) is 12.5 Å². The third-order valence-corrected chi connectivity index (χ3v) is 7.31. The Hall–Kier alpha value is -3.87. The molecule has 5 atom stereocenters. The number of carboxylic acids is 1. The summed E-state index contributed by atoms with van der Waals surface area (Å²) in [5.41, 5.74) is 1.87. The van der Waals surface area contributed by atoms with Crippen molar-refractivity contribution in [1.29, 1.82) is 0 Å². The molecule has 1 unspecified atom stereocenters. The lowest BCUT2D eigenvalue weighted by atomic mass is 10.1. The van der Waals surface area contributed by atoms with Crippen LogP contribution in [-0.4, -0.2) is 67.3 Å². The van der Waals surface area contributed by atoms with Crippen LogP contribution in [0.1, 0.15) is 50.3 Å². The van der Waals surface area contributed by atoms with Crippen LogP contribution in [0.3, 0.4) is 0 Å². The molecule has 1 aliphatic carbocycles. The lowest BCUT2D eigenvalue weighted by Crippen LogP contribution is -2.36. The zero-order valence-corrected chi connectivity index (χ0v) is 21.2. The van der Waals surface area contributed by atoms with E-state index >= 15 is 0 Å². The maximum Gasteiger partial charge on any atom is 0.320 e. The normalized spacial score (nSPS) is 26.8. The van der Waals surface area contributed by atoms with Crippen LogP contribution >= 0.6 is 0 Å². The van der Waals surface area contributed by atoms with Gasteiger partial charge >= 0.3 is 12.0 Å². The van der Waals surface area contributed by atoms with Crippen LogP contribution in [0.15, 0.2) is 49.1 Å². The van der Waals surface area contributed by atoms with Crippen molar-refractivity contribution < 1.29 is 28.9 Å². The van der Waals surface area contributed by atoms with Crippen molar-refractivity contribution in [3.05, 3.63) is 54.6 Å². The topological polar surface area (TPSA) is 150 Å². The number of carbonyl (C=O) groups is 2. The van der Waals surface area contributed by atoms with E-state index < -0.39 is 36.8 Å². The molecule has 3 N–H and O–H groups in total. The minimum absolute atomic E-state index is 0.0640. The molecular weight excluding hydrogens is 504 g/mol. The molecule has 12 nitrogen and oxygen atoms in total. The third-order valence-electron chi connectivity index (χ3n) is 7.31. The molecule has 3 aromatic rings. The van der Waals surface area contributed by atoms with Gasteiger partial charge in [0.25, 0.3) is 0 Å². The van der Waals surface area contributed by atoms with Crippen LogP contribution in [0, 0.1) is 0 Å². The minimum atomic E-state index is -0.912. The Morgan fingerprint density at radius 2 is 1.85 bits per heavy atom. The van der Waals surface area contributed by atoms with Gasteiger partial charge in [-0.2, -0.15) is 0 Å². The first-order valence-electron chi connectivity index (χ1n) is 13.2. The Bertz CT molecular complexity index is 1360. The zero-order chi connectivity index (χ0) is 26.8. The highest BCUT2D eigenvalue weighted by molar-refractivity contribution is 5.96. The number of urea groups is 1. The first-order chi connectivity index (χ1) is 19.0. The minimum Gasteiger partial charge on any atom is -0.481 e. The summed E-state index contributed by atoms with van der Waals surface area (Å²) in [5, 5.41) is 15.0. The average molecular weight is 535 g/mol. The van der Waals surface area contributed by atoms with Crippen molar-refractivity contribution in [2.24, 2.45) is 0 Å². The van der Waals surface area contributed by atoms with Gasteiger partial charge in [-0.3, -0.25) is 14.7 Å². The van der Waals surface area contributed by atoms with Gasteiger partial charge in [0.1, 0.15) is 18.5 Å². The summed E-state index contributed by atoms with van der Waals surface area (Å²) in [6.45, 7) is 0. The number of hydrogen-bond acceptors (Lipinski definition) is 8. The first-order valence-corrected chi connectivity index (χ1v) is 13.2. The maximum atomic E-state index is 12.6. The third kappa shape index (κ3) is 5.49. The highest BCUT2D eigenvalue weighted by Crippen LogP contribution is 2.42. The second-order valence-corrected chi connectivity index (χ2v) is 9.96. The van der Waals surface area contributed by atoms with E-state index in [1.165, 1.54) is 6.33 Å². The van der Waals surface area contributed by atoms with E-state index in [-0.39, 0.29) is 24.9 Å². The number of benzene rings is 1. The number of nitrogens with zero attached hydrogens (tertiary/aromatic N) is 4. The Balaban J connectivity index is 1.23. The molecule has 6 rings (SSSR count). The number of amides is 2. The monoisotopic (exact) mass is 534 g/mol. The first kappa shape index (κ1) is 25.4. The van der Waals surface area contributed by atoms with Gasteiger partial charge in [0.05, 0.1) is 12.4 Å². The zero-order valence-electron chi connectivity index (χ0n) is 21.2. The summed E-state index contributed by atoms with van der Waals surface area (Å²) in [7, 11) is 0. The van der Waals surface area contributed by atoms with Gasteiger partial charge in [-0.05, 0) is 30.9 Å². The van der Waals surface area contributed by atoms with E-state index in [0.29, 0.717) is 17.0 Å². The van der Waals surface area contributed by atoms with Crippen molar-refractivity contribution in [1.82, 2.24) is 24.8 Å². The largest absolute Gasteiger partial charge is 0.481 e. The molecule has 39 heavy (non-hydrogen) atoms. The molecular formula is C27H30N6O6. The van der Waals surface area contributed by atoms with Gasteiger partial charge in [-0.25, -0.2) is 19.7 Å². The fourth-order valence-corrected chi connectivity index (χ4v) is 5.45. The predicted octanol–water partition coefficient (Wildman–Crippen LogP) is 3.48. The molecule has 2 amide bonds. The predicted molar refractivity (Wildman–Crippen MR) is 140 cm³/mol. The Labute approximate surface area is 224 Å². The molecule has 3 aliphatic rings. The van der Waals surface area contributed by atoms with E-state index in [9.17, 15) is 14.7 Å². The van der Waals surface area contributed by atoms with E-state index in [1.54, 1.807) is 10.9 Å². The molecule has 1 aromatic carbocycles. The number of imidazole rings is 1. The van der Waals surface area contributed by atoms with Crippen LogP contribution in [0.5, 0.6) is 0 Å². The SMILES string of the molecule is O=C(O)CC[C@H]1O[C@@H](n2cnc3c(NC(=O)NC4CCCC4)ncnc32)[C@H]2O[C@H](C=Cc3ccccc3)OC12. The summed E-state index contributed by atoms with van der Waals surface area (Å²) < 4.78 is 20.4. The molecule has 2 aromatic heterocycles. The van der Waals surface area contributed by atoms with Crippen LogP contribution in [0.25, 0.3) is 17.2 Å². The van der Waals surface area contributed by atoms with Gasteiger partial charge in [0.15, 0.2) is 29.5 Å². The number of fused-ring (bicyclic) bond motifs is 2.